The van der Waals surface area contributed by atoms with Gasteiger partial charge in [0.1, 0.15) is 35.5 Å². The molecule has 0 aromatic heterocycles. The summed E-state index contributed by atoms with van der Waals surface area (Å²) in [5, 5.41) is 10.9. The van der Waals surface area contributed by atoms with Crippen molar-refractivity contribution in [1.29, 1.82) is 0 Å². The van der Waals surface area contributed by atoms with Crippen LogP contribution >= 0.6 is 21.6 Å². The fourth-order valence-corrected chi connectivity index (χ4v) is 7.57. The molecule has 322 valence electrons. The monoisotopic (exact) mass is 834 g/mol. The van der Waals surface area contributed by atoms with E-state index in [0.717, 1.165) is 0 Å². The number of carbonyl (C=O) groups is 6. The van der Waals surface area contributed by atoms with Gasteiger partial charge in [0.05, 0.1) is 13.2 Å². The SMILES string of the molecule is CC(C)(C)OC(=O)[C@H](CSSC[C@H](NC(=O)CCNC(=O)[C@@H]1OC(C)(C)OCC1(C)C)C(=O)OC(C)(C)C)NC(=O)CCNC(=O)[C@@H]1OC(C)(C)OCC1(C)C. The van der Waals surface area contributed by atoms with E-state index in [1.54, 1.807) is 69.2 Å². The maximum Gasteiger partial charge on any atom is 0.330 e. The number of hydrogen-bond acceptors (Lipinski definition) is 14. The van der Waals surface area contributed by atoms with E-state index < -0.39 is 81.7 Å². The lowest BCUT2D eigenvalue weighted by atomic mass is 9.85. The topological polar surface area (TPSA) is 206 Å². The molecule has 0 spiro atoms. The van der Waals surface area contributed by atoms with Crippen LogP contribution in [-0.4, -0.2) is 120 Å². The van der Waals surface area contributed by atoms with Crippen molar-refractivity contribution in [1.82, 2.24) is 21.3 Å². The van der Waals surface area contributed by atoms with E-state index in [2.05, 4.69) is 21.3 Å². The molecule has 2 rings (SSSR count). The first kappa shape index (κ1) is 49.5. The Labute approximate surface area is 340 Å². The van der Waals surface area contributed by atoms with Gasteiger partial charge in [-0.25, -0.2) is 9.59 Å². The van der Waals surface area contributed by atoms with Crippen LogP contribution in [0.1, 0.15) is 110 Å². The predicted molar refractivity (Wildman–Crippen MR) is 213 cm³/mol. The second-order valence-electron chi connectivity index (χ2n) is 18.3. The van der Waals surface area contributed by atoms with Gasteiger partial charge in [-0.05, 0) is 69.2 Å². The first-order valence-electron chi connectivity index (χ1n) is 18.9. The summed E-state index contributed by atoms with van der Waals surface area (Å²) in [4.78, 5) is 78.2. The smallest absolute Gasteiger partial charge is 0.330 e. The van der Waals surface area contributed by atoms with Crippen molar-refractivity contribution in [3.8, 4) is 0 Å². The molecule has 56 heavy (non-hydrogen) atoms. The first-order chi connectivity index (χ1) is 25.4. The van der Waals surface area contributed by atoms with E-state index in [0.29, 0.717) is 13.2 Å². The van der Waals surface area contributed by atoms with E-state index in [-0.39, 0.29) is 49.3 Å². The highest BCUT2D eigenvalue weighted by Gasteiger charge is 2.47. The summed E-state index contributed by atoms with van der Waals surface area (Å²) < 4.78 is 34.2. The van der Waals surface area contributed by atoms with Crippen LogP contribution < -0.4 is 21.3 Å². The van der Waals surface area contributed by atoms with Gasteiger partial charge in [-0.1, -0.05) is 49.3 Å². The van der Waals surface area contributed by atoms with Gasteiger partial charge >= 0.3 is 11.9 Å². The fraction of sp³-hybridized carbons (Fsp3) is 0.842. The Bertz CT molecular complexity index is 1300. The Hall–Kier alpha value is -2.64. The van der Waals surface area contributed by atoms with Crippen LogP contribution in [0.15, 0.2) is 0 Å². The molecule has 16 nitrogen and oxygen atoms in total. The van der Waals surface area contributed by atoms with Gasteiger partial charge in [-0.2, -0.15) is 0 Å². The summed E-state index contributed by atoms with van der Waals surface area (Å²) in [5.41, 5.74) is -2.83. The molecule has 0 aromatic rings. The van der Waals surface area contributed by atoms with Crippen molar-refractivity contribution < 1.29 is 57.2 Å². The molecule has 18 heteroatoms. The van der Waals surface area contributed by atoms with Crippen LogP contribution in [0.5, 0.6) is 0 Å². The highest BCUT2D eigenvalue weighted by molar-refractivity contribution is 8.76. The maximum atomic E-state index is 13.1. The van der Waals surface area contributed by atoms with E-state index in [4.69, 9.17) is 28.4 Å². The van der Waals surface area contributed by atoms with Crippen molar-refractivity contribution in [2.45, 2.75) is 157 Å². The third-order valence-electron chi connectivity index (χ3n) is 8.19. The van der Waals surface area contributed by atoms with Crippen LogP contribution in [0.25, 0.3) is 0 Å². The molecule has 2 aliphatic heterocycles. The molecule has 0 saturated carbocycles. The molecule has 0 aromatic carbocycles. The zero-order valence-electron chi connectivity index (χ0n) is 35.7. The quantitative estimate of drug-likeness (QED) is 0.0943. The van der Waals surface area contributed by atoms with Crippen LogP contribution in [0, 0.1) is 10.8 Å². The van der Waals surface area contributed by atoms with Crippen LogP contribution in [-0.2, 0) is 57.2 Å². The molecule has 0 bridgehead atoms. The molecule has 4 amide bonds. The van der Waals surface area contributed by atoms with E-state index in [9.17, 15) is 28.8 Å². The third-order valence-corrected chi connectivity index (χ3v) is 10.6. The molecule has 2 saturated heterocycles. The molecule has 2 fully saturated rings. The number of ether oxygens (including phenoxy) is 6. The number of hydrogen-bond donors (Lipinski definition) is 4. The average molecular weight is 835 g/mol. The van der Waals surface area contributed by atoms with Gasteiger partial charge < -0.3 is 49.7 Å². The molecule has 0 radical (unpaired) electrons. The number of carbonyl (C=O) groups excluding carboxylic acids is 6. The molecule has 2 heterocycles. The summed E-state index contributed by atoms with van der Waals surface area (Å²) in [6.45, 7) is 25.3. The Balaban J connectivity index is 1.98. The standard InChI is InChI=1S/C38H66N4O12S2/c1-33(2,3)53-31(47)23(41-25(43)15-17-39-29(45)27-35(7,8)21-49-37(11,12)51-27)19-55-56-20-24(32(48)54-34(4,5)6)42-26(44)16-18-40-30(46)28-36(9,10)22-50-38(13,14)52-28/h23-24,27-28H,15-22H2,1-14H3,(H,39,45)(H,40,46)(H,41,43)(H,42,44)/t23-,24-,27-,28-/m0/s1. The second-order valence-corrected chi connectivity index (χ2v) is 20.9. The lowest BCUT2D eigenvalue weighted by molar-refractivity contribution is -0.304. The van der Waals surface area contributed by atoms with E-state index in [1.807, 2.05) is 27.7 Å². The van der Waals surface area contributed by atoms with Crippen molar-refractivity contribution in [2.24, 2.45) is 10.8 Å². The number of rotatable bonds is 17. The first-order valence-corrected chi connectivity index (χ1v) is 21.4. The fourth-order valence-electron chi connectivity index (χ4n) is 5.27. The van der Waals surface area contributed by atoms with Gasteiger partial charge in [0.2, 0.25) is 23.6 Å². The minimum absolute atomic E-state index is 0.00521. The van der Waals surface area contributed by atoms with Gasteiger partial charge in [0.15, 0.2) is 11.6 Å². The third kappa shape index (κ3) is 17.5. The lowest BCUT2D eigenvalue weighted by Gasteiger charge is -2.44. The zero-order chi connectivity index (χ0) is 42.9. The van der Waals surface area contributed by atoms with Gasteiger partial charge in [0.25, 0.3) is 0 Å². The number of nitrogens with one attached hydrogen (secondary N) is 4. The molecule has 2 aliphatic rings. The summed E-state index contributed by atoms with van der Waals surface area (Å²) >= 11 is 0. The normalized spacial score (nSPS) is 22.4. The number of esters is 2. The summed E-state index contributed by atoms with van der Waals surface area (Å²) in [6, 6.07) is -2.11. The minimum Gasteiger partial charge on any atom is -0.458 e. The Morgan fingerprint density at radius 1 is 0.607 bits per heavy atom. The molecule has 4 atom stereocenters. The molecular formula is C38H66N4O12S2. The second kappa shape index (κ2) is 19.9. The van der Waals surface area contributed by atoms with Gasteiger partial charge in [-0.3, -0.25) is 19.2 Å². The Morgan fingerprint density at radius 3 is 1.23 bits per heavy atom. The van der Waals surface area contributed by atoms with Crippen molar-refractivity contribution in [2.75, 3.05) is 37.8 Å². The Morgan fingerprint density at radius 2 is 0.929 bits per heavy atom. The van der Waals surface area contributed by atoms with Crippen molar-refractivity contribution >= 4 is 57.2 Å². The average Bonchev–Trinajstić information content (AvgIpc) is 3.02. The molecule has 0 unspecified atom stereocenters. The maximum absolute atomic E-state index is 13.1. The summed E-state index contributed by atoms with van der Waals surface area (Å²) in [7, 11) is 2.39. The van der Waals surface area contributed by atoms with Crippen molar-refractivity contribution in [3.05, 3.63) is 0 Å². The summed E-state index contributed by atoms with van der Waals surface area (Å²) in [5.74, 6) is -4.74. The molecule has 4 N–H and O–H groups in total. The Kier molecular flexibility index (Phi) is 17.6. The largest absolute Gasteiger partial charge is 0.458 e. The number of amides is 4. The van der Waals surface area contributed by atoms with Crippen LogP contribution in [0.4, 0.5) is 0 Å². The van der Waals surface area contributed by atoms with E-state index in [1.165, 1.54) is 21.6 Å². The van der Waals surface area contributed by atoms with Gasteiger partial charge in [-0.15, -0.1) is 0 Å². The zero-order valence-corrected chi connectivity index (χ0v) is 37.3. The molecular weight excluding hydrogens is 769 g/mol. The summed E-state index contributed by atoms with van der Waals surface area (Å²) in [6.07, 6.45) is -1.79. The van der Waals surface area contributed by atoms with Crippen molar-refractivity contribution in [3.63, 3.8) is 0 Å². The predicted octanol–water partition coefficient (Wildman–Crippen LogP) is 3.39. The highest BCUT2D eigenvalue weighted by Crippen LogP contribution is 2.36. The van der Waals surface area contributed by atoms with Crippen LogP contribution in [0.2, 0.25) is 0 Å². The molecule has 0 aliphatic carbocycles. The minimum atomic E-state index is -1.05. The van der Waals surface area contributed by atoms with E-state index >= 15 is 0 Å². The highest BCUT2D eigenvalue weighted by atomic mass is 33.1. The van der Waals surface area contributed by atoms with Gasteiger partial charge in [0, 0.05) is 48.3 Å². The van der Waals surface area contributed by atoms with Crippen LogP contribution in [0.3, 0.4) is 0 Å². The lowest BCUT2D eigenvalue weighted by Crippen LogP contribution is -2.56.